The molecule has 0 amide bonds. The second kappa shape index (κ2) is 5.08. The van der Waals surface area contributed by atoms with Crippen LogP contribution in [0.5, 0.6) is 11.5 Å². The van der Waals surface area contributed by atoms with Crippen molar-refractivity contribution in [3.8, 4) is 11.5 Å². The number of hydrogen-bond donors (Lipinski definition) is 1. The molecule has 3 rings (SSSR count). The molecule has 0 aliphatic carbocycles. The average Bonchev–Trinajstić information content (AvgIpc) is 2.48. The summed E-state index contributed by atoms with van der Waals surface area (Å²) in [6.45, 7) is -0.0425. The molecular formula is C16H13NO2. The van der Waals surface area contributed by atoms with Crippen LogP contribution in [0.1, 0.15) is 5.56 Å². The van der Waals surface area contributed by atoms with Gasteiger partial charge >= 0.3 is 0 Å². The predicted molar refractivity (Wildman–Crippen MR) is 74.2 cm³/mol. The number of pyridine rings is 1. The Kier molecular flexibility index (Phi) is 3.12. The Morgan fingerprint density at radius 2 is 1.74 bits per heavy atom. The van der Waals surface area contributed by atoms with Gasteiger partial charge in [-0.15, -0.1) is 0 Å². The standard InChI is InChI=1S/C16H13NO2/c18-11-12-5-1-2-8-15(12)19-16-9-3-7-14-13(16)6-4-10-17-14/h1-10,18H,11H2. The van der Waals surface area contributed by atoms with Gasteiger partial charge in [0, 0.05) is 17.1 Å². The molecule has 0 aliphatic heterocycles. The Hall–Kier alpha value is -2.39. The number of ether oxygens (including phenoxy) is 1. The number of rotatable bonds is 3. The predicted octanol–water partition coefficient (Wildman–Crippen LogP) is 3.52. The smallest absolute Gasteiger partial charge is 0.136 e. The zero-order chi connectivity index (χ0) is 13.1. The van der Waals surface area contributed by atoms with Crippen molar-refractivity contribution in [2.24, 2.45) is 0 Å². The summed E-state index contributed by atoms with van der Waals surface area (Å²) >= 11 is 0. The number of nitrogens with zero attached hydrogens (tertiary/aromatic N) is 1. The Morgan fingerprint density at radius 1 is 0.895 bits per heavy atom. The van der Waals surface area contributed by atoms with Gasteiger partial charge in [-0.25, -0.2) is 0 Å². The van der Waals surface area contributed by atoms with E-state index in [1.807, 2.05) is 54.6 Å². The van der Waals surface area contributed by atoms with E-state index in [0.717, 1.165) is 22.2 Å². The number of para-hydroxylation sites is 1. The first-order valence-electron chi connectivity index (χ1n) is 6.09. The van der Waals surface area contributed by atoms with Crippen molar-refractivity contribution < 1.29 is 9.84 Å². The Labute approximate surface area is 111 Å². The highest BCUT2D eigenvalue weighted by molar-refractivity contribution is 5.85. The molecule has 0 aliphatic rings. The van der Waals surface area contributed by atoms with Crippen LogP contribution in [0.25, 0.3) is 10.9 Å². The lowest BCUT2D eigenvalue weighted by atomic mass is 10.2. The van der Waals surface area contributed by atoms with Crippen LogP contribution in [0.4, 0.5) is 0 Å². The molecule has 3 nitrogen and oxygen atoms in total. The summed E-state index contributed by atoms with van der Waals surface area (Å²) in [5.74, 6) is 1.41. The van der Waals surface area contributed by atoms with E-state index in [0.29, 0.717) is 5.75 Å². The fraction of sp³-hybridized carbons (Fsp3) is 0.0625. The van der Waals surface area contributed by atoms with Crippen molar-refractivity contribution in [3.05, 3.63) is 66.4 Å². The fourth-order valence-corrected chi connectivity index (χ4v) is 2.02. The molecule has 1 aromatic heterocycles. The highest BCUT2D eigenvalue weighted by atomic mass is 16.5. The average molecular weight is 251 g/mol. The van der Waals surface area contributed by atoms with Crippen molar-refractivity contribution in [2.45, 2.75) is 6.61 Å². The SMILES string of the molecule is OCc1ccccc1Oc1cccc2ncccc12. The van der Waals surface area contributed by atoms with Gasteiger partial charge in [-0.3, -0.25) is 4.98 Å². The number of fused-ring (bicyclic) bond motifs is 1. The third-order valence-corrected chi connectivity index (χ3v) is 2.97. The molecule has 1 heterocycles. The second-order valence-electron chi connectivity index (χ2n) is 4.19. The van der Waals surface area contributed by atoms with Crippen molar-refractivity contribution in [3.63, 3.8) is 0 Å². The Morgan fingerprint density at radius 3 is 2.63 bits per heavy atom. The molecule has 0 atom stereocenters. The molecule has 0 bridgehead atoms. The van der Waals surface area contributed by atoms with Crippen LogP contribution in [-0.4, -0.2) is 10.1 Å². The molecule has 0 saturated heterocycles. The highest BCUT2D eigenvalue weighted by Crippen LogP contribution is 2.30. The normalized spacial score (nSPS) is 10.6. The van der Waals surface area contributed by atoms with Gasteiger partial charge < -0.3 is 9.84 Å². The van der Waals surface area contributed by atoms with Crippen LogP contribution in [0.15, 0.2) is 60.8 Å². The maximum Gasteiger partial charge on any atom is 0.136 e. The maximum absolute atomic E-state index is 9.32. The first-order valence-corrected chi connectivity index (χ1v) is 6.09. The summed E-state index contributed by atoms with van der Waals surface area (Å²) in [5.41, 5.74) is 1.66. The summed E-state index contributed by atoms with van der Waals surface area (Å²) in [5, 5.41) is 10.3. The van der Waals surface area contributed by atoms with Crippen molar-refractivity contribution >= 4 is 10.9 Å². The van der Waals surface area contributed by atoms with E-state index in [1.54, 1.807) is 6.20 Å². The number of hydrogen-bond acceptors (Lipinski definition) is 3. The molecule has 3 aromatic rings. The zero-order valence-corrected chi connectivity index (χ0v) is 10.3. The van der Waals surface area contributed by atoms with E-state index in [9.17, 15) is 5.11 Å². The second-order valence-corrected chi connectivity index (χ2v) is 4.19. The summed E-state index contributed by atoms with van der Waals surface area (Å²) in [6.07, 6.45) is 1.76. The quantitative estimate of drug-likeness (QED) is 0.774. The summed E-state index contributed by atoms with van der Waals surface area (Å²) in [4.78, 5) is 4.30. The lowest BCUT2D eigenvalue weighted by Crippen LogP contribution is -1.92. The minimum atomic E-state index is -0.0425. The fourth-order valence-electron chi connectivity index (χ4n) is 2.02. The first kappa shape index (κ1) is 11.7. The number of benzene rings is 2. The molecule has 0 unspecified atom stereocenters. The molecule has 0 saturated carbocycles. The van der Waals surface area contributed by atoms with Crippen LogP contribution >= 0.6 is 0 Å². The summed E-state index contributed by atoms with van der Waals surface area (Å²) < 4.78 is 5.91. The van der Waals surface area contributed by atoms with Crippen LogP contribution in [0.2, 0.25) is 0 Å². The Balaban J connectivity index is 2.06. The molecule has 0 radical (unpaired) electrons. The molecule has 0 spiro atoms. The van der Waals surface area contributed by atoms with Crippen molar-refractivity contribution in [2.75, 3.05) is 0 Å². The van der Waals surface area contributed by atoms with E-state index in [1.165, 1.54) is 0 Å². The summed E-state index contributed by atoms with van der Waals surface area (Å²) in [7, 11) is 0. The molecule has 1 N–H and O–H groups in total. The number of aromatic nitrogens is 1. The van der Waals surface area contributed by atoms with Gasteiger partial charge in [-0.2, -0.15) is 0 Å². The first-order chi connectivity index (χ1) is 9.38. The van der Waals surface area contributed by atoms with E-state index in [4.69, 9.17) is 4.74 Å². The molecule has 94 valence electrons. The lowest BCUT2D eigenvalue weighted by molar-refractivity contribution is 0.276. The highest BCUT2D eigenvalue weighted by Gasteiger charge is 2.06. The topological polar surface area (TPSA) is 42.4 Å². The molecule has 19 heavy (non-hydrogen) atoms. The van der Waals surface area contributed by atoms with E-state index < -0.39 is 0 Å². The van der Waals surface area contributed by atoms with Gasteiger partial charge in [0.2, 0.25) is 0 Å². The number of aliphatic hydroxyl groups is 1. The third kappa shape index (κ3) is 2.28. The molecule has 0 fully saturated rings. The van der Waals surface area contributed by atoms with E-state index >= 15 is 0 Å². The molecule has 2 aromatic carbocycles. The van der Waals surface area contributed by atoms with Gasteiger partial charge in [0.15, 0.2) is 0 Å². The van der Waals surface area contributed by atoms with Crippen LogP contribution in [-0.2, 0) is 6.61 Å². The van der Waals surface area contributed by atoms with Crippen molar-refractivity contribution in [1.29, 1.82) is 0 Å². The van der Waals surface area contributed by atoms with Gasteiger partial charge in [0.1, 0.15) is 11.5 Å². The summed E-state index contributed by atoms with van der Waals surface area (Å²) in [6, 6.07) is 17.1. The van der Waals surface area contributed by atoms with E-state index in [2.05, 4.69) is 4.98 Å². The van der Waals surface area contributed by atoms with Crippen molar-refractivity contribution in [1.82, 2.24) is 4.98 Å². The minimum Gasteiger partial charge on any atom is -0.456 e. The van der Waals surface area contributed by atoms with Crippen LogP contribution < -0.4 is 4.74 Å². The molecule has 3 heteroatoms. The maximum atomic E-state index is 9.32. The van der Waals surface area contributed by atoms with E-state index in [-0.39, 0.29) is 6.61 Å². The van der Waals surface area contributed by atoms with Gasteiger partial charge in [-0.05, 0) is 30.3 Å². The van der Waals surface area contributed by atoms with Gasteiger partial charge in [0.05, 0.1) is 12.1 Å². The third-order valence-electron chi connectivity index (χ3n) is 2.97. The van der Waals surface area contributed by atoms with Gasteiger partial charge in [0.25, 0.3) is 0 Å². The largest absolute Gasteiger partial charge is 0.456 e. The van der Waals surface area contributed by atoms with Gasteiger partial charge in [-0.1, -0.05) is 24.3 Å². The van der Waals surface area contributed by atoms with Crippen LogP contribution in [0.3, 0.4) is 0 Å². The Bertz CT molecular complexity index is 704. The monoisotopic (exact) mass is 251 g/mol. The minimum absolute atomic E-state index is 0.0425. The lowest BCUT2D eigenvalue weighted by Gasteiger charge is -2.11. The number of aliphatic hydroxyl groups excluding tert-OH is 1. The zero-order valence-electron chi connectivity index (χ0n) is 10.3. The molecular weight excluding hydrogens is 238 g/mol. The van der Waals surface area contributed by atoms with Crippen LogP contribution in [0, 0.1) is 0 Å².